The van der Waals surface area contributed by atoms with E-state index in [-0.39, 0.29) is 24.8 Å². The van der Waals surface area contributed by atoms with E-state index in [1.807, 2.05) is 6.07 Å². The second-order valence-corrected chi connectivity index (χ2v) is 5.67. The molecule has 0 aromatic carbocycles. The number of ketones is 1. The number of carbonyl (C=O) groups is 2. The summed E-state index contributed by atoms with van der Waals surface area (Å²) in [5, 5.41) is 0. The van der Waals surface area contributed by atoms with Crippen LogP contribution in [0, 0.1) is 0 Å². The molecule has 21 heavy (non-hydrogen) atoms. The highest BCUT2D eigenvalue weighted by atomic mass is 16.5. The summed E-state index contributed by atoms with van der Waals surface area (Å²) in [4.78, 5) is 30.6. The van der Waals surface area contributed by atoms with Crippen LogP contribution < -0.4 is 0 Å². The Kier molecular flexibility index (Phi) is 4.11. The average molecular weight is 288 g/mol. The first-order chi connectivity index (χ1) is 9.84. The van der Waals surface area contributed by atoms with Gasteiger partial charge in [-0.3, -0.25) is 19.5 Å². The lowest BCUT2D eigenvalue weighted by atomic mass is 9.92. The van der Waals surface area contributed by atoms with Crippen molar-refractivity contribution in [1.29, 1.82) is 0 Å². The van der Waals surface area contributed by atoms with Crippen molar-refractivity contribution in [1.82, 2.24) is 9.88 Å². The van der Waals surface area contributed by atoms with Gasteiger partial charge in [0.1, 0.15) is 5.76 Å². The van der Waals surface area contributed by atoms with E-state index in [4.69, 9.17) is 4.74 Å². The highest BCUT2D eigenvalue weighted by Crippen LogP contribution is 2.25. The van der Waals surface area contributed by atoms with Gasteiger partial charge in [-0.2, -0.15) is 0 Å². The van der Waals surface area contributed by atoms with Crippen LogP contribution in [0.1, 0.15) is 33.4 Å². The predicted molar refractivity (Wildman–Crippen MR) is 78.2 cm³/mol. The van der Waals surface area contributed by atoms with Crippen LogP contribution in [0.4, 0.5) is 0 Å². The third-order valence-corrected chi connectivity index (χ3v) is 3.93. The zero-order chi connectivity index (χ0) is 15.6. The second kappa shape index (κ2) is 5.68. The number of Topliss-reactive ketones (excluding diaryl/α,β-unsaturated/α-hetero) is 1. The molecule has 5 nitrogen and oxygen atoms in total. The first kappa shape index (κ1) is 15.2. The maximum atomic E-state index is 12.6. The van der Waals surface area contributed by atoms with Crippen molar-refractivity contribution < 1.29 is 14.3 Å². The number of ether oxygens (including phenoxy) is 1. The summed E-state index contributed by atoms with van der Waals surface area (Å²) in [6.07, 6.45) is 1.85. The number of rotatable bonds is 4. The SMILES string of the molecule is CC1=C(C)C(=O)N(C(C)(C)C(=O)Cc2ccccn2)CO1. The van der Waals surface area contributed by atoms with E-state index in [2.05, 4.69) is 4.98 Å². The normalized spacial score (nSPS) is 16.0. The molecular weight excluding hydrogens is 268 g/mol. The quantitative estimate of drug-likeness (QED) is 0.851. The third kappa shape index (κ3) is 2.96. The summed E-state index contributed by atoms with van der Waals surface area (Å²) >= 11 is 0. The van der Waals surface area contributed by atoms with E-state index in [0.29, 0.717) is 17.0 Å². The Morgan fingerprint density at radius 2 is 2.10 bits per heavy atom. The Morgan fingerprint density at radius 3 is 2.71 bits per heavy atom. The van der Waals surface area contributed by atoms with E-state index in [9.17, 15) is 9.59 Å². The lowest BCUT2D eigenvalue weighted by Crippen LogP contribution is -2.56. The largest absolute Gasteiger partial charge is 0.477 e. The molecule has 1 aromatic rings. The number of nitrogens with zero attached hydrogens (tertiary/aromatic N) is 2. The number of allylic oxidation sites excluding steroid dienone is 1. The van der Waals surface area contributed by atoms with Crippen molar-refractivity contribution in [2.45, 2.75) is 39.7 Å². The maximum absolute atomic E-state index is 12.6. The highest BCUT2D eigenvalue weighted by Gasteiger charge is 2.40. The molecule has 2 heterocycles. The molecule has 1 aliphatic heterocycles. The summed E-state index contributed by atoms with van der Waals surface area (Å²) in [5.74, 6) is 0.396. The van der Waals surface area contributed by atoms with Gasteiger partial charge in [-0.15, -0.1) is 0 Å². The monoisotopic (exact) mass is 288 g/mol. The van der Waals surface area contributed by atoms with Crippen LogP contribution in [0.25, 0.3) is 0 Å². The van der Waals surface area contributed by atoms with Gasteiger partial charge in [0.15, 0.2) is 12.5 Å². The topological polar surface area (TPSA) is 59.5 Å². The van der Waals surface area contributed by atoms with Crippen molar-refractivity contribution in [3.63, 3.8) is 0 Å². The number of aromatic nitrogens is 1. The average Bonchev–Trinajstić information content (AvgIpc) is 2.45. The Hall–Kier alpha value is -2.17. The Morgan fingerprint density at radius 1 is 1.38 bits per heavy atom. The van der Waals surface area contributed by atoms with Gasteiger partial charge in [-0.1, -0.05) is 6.07 Å². The van der Waals surface area contributed by atoms with Gasteiger partial charge in [-0.05, 0) is 39.8 Å². The van der Waals surface area contributed by atoms with Crippen LogP contribution in [0.3, 0.4) is 0 Å². The van der Waals surface area contributed by atoms with Crippen LogP contribution in [-0.2, 0) is 20.7 Å². The minimum absolute atomic E-state index is 0.0643. The maximum Gasteiger partial charge on any atom is 0.256 e. The molecule has 0 radical (unpaired) electrons. The fraction of sp³-hybridized carbons (Fsp3) is 0.438. The number of pyridine rings is 1. The molecule has 0 aliphatic carbocycles. The number of carbonyl (C=O) groups excluding carboxylic acids is 2. The molecule has 0 fully saturated rings. The van der Waals surface area contributed by atoms with Crippen LogP contribution in [-0.4, -0.2) is 33.8 Å². The zero-order valence-corrected chi connectivity index (χ0v) is 12.8. The molecule has 112 valence electrons. The summed E-state index contributed by atoms with van der Waals surface area (Å²) < 4.78 is 5.48. The van der Waals surface area contributed by atoms with Gasteiger partial charge in [0.25, 0.3) is 5.91 Å². The molecule has 1 amide bonds. The van der Waals surface area contributed by atoms with Crippen LogP contribution in [0.5, 0.6) is 0 Å². The first-order valence-corrected chi connectivity index (χ1v) is 6.89. The molecular formula is C16H20N2O3. The molecule has 1 aliphatic rings. The highest BCUT2D eigenvalue weighted by molar-refractivity contribution is 5.99. The smallest absolute Gasteiger partial charge is 0.256 e. The summed E-state index contributed by atoms with van der Waals surface area (Å²) in [7, 11) is 0. The van der Waals surface area contributed by atoms with Crippen LogP contribution in [0.2, 0.25) is 0 Å². The fourth-order valence-corrected chi connectivity index (χ4v) is 2.13. The van der Waals surface area contributed by atoms with E-state index >= 15 is 0 Å². The van der Waals surface area contributed by atoms with Crippen molar-refractivity contribution in [2.75, 3.05) is 6.73 Å². The van der Waals surface area contributed by atoms with E-state index < -0.39 is 5.54 Å². The molecule has 0 atom stereocenters. The minimum Gasteiger partial charge on any atom is -0.477 e. The van der Waals surface area contributed by atoms with Gasteiger partial charge >= 0.3 is 0 Å². The van der Waals surface area contributed by atoms with Crippen molar-refractivity contribution in [3.8, 4) is 0 Å². The van der Waals surface area contributed by atoms with Gasteiger partial charge in [0.05, 0.1) is 17.5 Å². The predicted octanol–water partition coefficient (Wildman–Crippen LogP) is 2.08. The summed E-state index contributed by atoms with van der Waals surface area (Å²) in [6.45, 7) is 7.06. The molecule has 0 saturated carbocycles. The molecule has 0 spiro atoms. The third-order valence-electron chi connectivity index (χ3n) is 3.93. The van der Waals surface area contributed by atoms with Crippen LogP contribution in [0.15, 0.2) is 35.7 Å². The van der Waals surface area contributed by atoms with Crippen LogP contribution >= 0.6 is 0 Å². The Balaban J connectivity index is 2.18. The lowest BCUT2D eigenvalue weighted by molar-refractivity contribution is -0.150. The summed E-state index contributed by atoms with van der Waals surface area (Å²) in [6, 6.07) is 5.45. The molecule has 0 bridgehead atoms. The van der Waals surface area contributed by atoms with E-state index in [0.717, 1.165) is 0 Å². The first-order valence-electron chi connectivity index (χ1n) is 6.89. The Bertz CT molecular complexity index is 591. The molecule has 2 rings (SSSR count). The molecule has 5 heteroatoms. The number of hydrogen-bond acceptors (Lipinski definition) is 4. The molecule has 0 unspecified atom stereocenters. The lowest BCUT2D eigenvalue weighted by Gasteiger charge is -2.39. The molecule has 0 N–H and O–H groups in total. The molecule has 0 saturated heterocycles. The van der Waals surface area contributed by atoms with Gasteiger partial charge < -0.3 is 4.74 Å². The number of hydrogen-bond donors (Lipinski definition) is 0. The zero-order valence-electron chi connectivity index (χ0n) is 12.8. The summed E-state index contributed by atoms with van der Waals surface area (Å²) in [5.41, 5.74) is 0.306. The second-order valence-electron chi connectivity index (χ2n) is 5.67. The van der Waals surface area contributed by atoms with Crippen molar-refractivity contribution >= 4 is 11.7 Å². The van der Waals surface area contributed by atoms with E-state index in [1.165, 1.54) is 4.90 Å². The standard InChI is InChI=1S/C16H20N2O3/c1-11-12(2)21-10-18(15(11)20)16(3,4)14(19)9-13-7-5-6-8-17-13/h5-8H,9-10H2,1-4H3. The van der Waals surface area contributed by atoms with Gasteiger partial charge in [0.2, 0.25) is 0 Å². The van der Waals surface area contributed by atoms with E-state index in [1.54, 1.807) is 46.0 Å². The van der Waals surface area contributed by atoms with Crippen molar-refractivity contribution in [2.24, 2.45) is 0 Å². The minimum atomic E-state index is -0.934. The fourth-order valence-electron chi connectivity index (χ4n) is 2.13. The van der Waals surface area contributed by atoms with Gasteiger partial charge in [-0.25, -0.2) is 0 Å². The Labute approximate surface area is 124 Å². The van der Waals surface area contributed by atoms with Crippen molar-refractivity contribution in [3.05, 3.63) is 41.4 Å². The van der Waals surface area contributed by atoms with Gasteiger partial charge in [0, 0.05) is 11.9 Å². The number of amides is 1. The molecule has 1 aromatic heterocycles.